The van der Waals surface area contributed by atoms with Crippen LogP contribution >= 0.6 is 0 Å². The Morgan fingerprint density at radius 2 is 1.83 bits per heavy atom. The zero-order chi connectivity index (χ0) is 16.8. The largest absolute Gasteiger partial charge is 0.489 e. The second kappa shape index (κ2) is 7.97. The molecule has 0 aromatic heterocycles. The van der Waals surface area contributed by atoms with Crippen molar-refractivity contribution in [3.63, 3.8) is 0 Å². The Morgan fingerprint density at radius 1 is 1.08 bits per heavy atom. The second-order valence-corrected chi connectivity index (χ2v) is 5.94. The van der Waals surface area contributed by atoms with E-state index in [2.05, 4.69) is 17.4 Å². The van der Waals surface area contributed by atoms with Crippen LogP contribution in [0.5, 0.6) is 5.75 Å². The highest BCUT2D eigenvalue weighted by Gasteiger charge is 2.30. The molecule has 1 saturated heterocycles. The molecule has 2 aromatic carbocycles. The van der Waals surface area contributed by atoms with E-state index in [-0.39, 0.29) is 18.1 Å². The fourth-order valence-corrected chi connectivity index (χ4v) is 2.97. The molecule has 1 heterocycles. The van der Waals surface area contributed by atoms with Gasteiger partial charge in [-0.3, -0.25) is 10.1 Å². The van der Waals surface area contributed by atoms with E-state index >= 15 is 0 Å². The molecule has 0 saturated carbocycles. The predicted molar refractivity (Wildman–Crippen MR) is 92.7 cm³/mol. The van der Waals surface area contributed by atoms with Crippen molar-refractivity contribution in [1.29, 1.82) is 0 Å². The Hall–Kier alpha value is -2.33. The Bertz CT molecular complexity index is 654. The van der Waals surface area contributed by atoms with Gasteiger partial charge in [-0.25, -0.2) is 0 Å². The topological polar surface area (TPSA) is 47.6 Å². The van der Waals surface area contributed by atoms with Crippen molar-refractivity contribution >= 4 is 5.97 Å². The molecular formula is C20H23NO3. The van der Waals surface area contributed by atoms with Gasteiger partial charge in [-0.05, 0) is 43.0 Å². The van der Waals surface area contributed by atoms with Crippen LogP contribution in [0, 0.1) is 0 Å². The average molecular weight is 325 g/mol. The van der Waals surface area contributed by atoms with E-state index in [1.54, 1.807) is 0 Å². The Balaban J connectivity index is 1.54. The lowest BCUT2D eigenvalue weighted by molar-refractivity contribution is -0.145. The molecule has 1 aliphatic heterocycles. The first-order valence-electron chi connectivity index (χ1n) is 8.45. The summed E-state index contributed by atoms with van der Waals surface area (Å²) in [5.74, 6) is 0.699. The molecule has 3 rings (SSSR count). The summed E-state index contributed by atoms with van der Waals surface area (Å²) in [5.41, 5.74) is 2.32. The van der Waals surface area contributed by atoms with Gasteiger partial charge in [-0.1, -0.05) is 42.5 Å². The summed E-state index contributed by atoms with van der Waals surface area (Å²) in [6.07, 6.45) is 1.75. The zero-order valence-corrected chi connectivity index (χ0v) is 13.9. The van der Waals surface area contributed by atoms with Gasteiger partial charge in [0.2, 0.25) is 0 Å². The van der Waals surface area contributed by atoms with Gasteiger partial charge in [0.15, 0.2) is 0 Å². The van der Waals surface area contributed by atoms with Crippen LogP contribution in [0.25, 0.3) is 0 Å². The van der Waals surface area contributed by atoms with Crippen LogP contribution in [-0.4, -0.2) is 18.6 Å². The zero-order valence-electron chi connectivity index (χ0n) is 13.9. The summed E-state index contributed by atoms with van der Waals surface area (Å²) < 4.78 is 10.9. The standard InChI is InChI=1S/C20H23NO3/c1-2-23-20(22)19-13-12-18(21-19)16-8-10-17(11-9-16)24-14-15-6-4-3-5-7-15/h3-11,18-19,21H,2,12-14H2,1H3/t18-,19?/m0/s1. The van der Waals surface area contributed by atoms with Crippen LogP contribution < -0.4 is 10.1 Å². The van der Waals surface area contributed by atoms with Crippen molar-refractivity contribution < 1.29 is 14.3 Å². The van der Waals surface area contributed by atoms with E-state index in [9.17, 15) is 4.79 Å². The lowest BCUT2D eigenvalue weighted by Gasteiger charge is -2.14. The monoisotopic (exact) mass is 325 g/mol. The van der Waals surface area contributed by atoms with E-state index in [4.69, 9.17) is 9.47 Å². The summed E-state index contributed by atoms with van der Waals surface area (Å²) >= 11 is 0. The molecule has 2 atom stereocenters. The first-order valence-corrected chi connectivity index (χ1v) is 8.45. The minimum Gasteiger partial charge on any atom is -0.489 e. The molecule has 1 aliphatic rings. The van der Waals surface area contributed by atoms with Crippen LogP contribution in [0.4, 0.5) is 0 Å². The molecule has 1 unspecified atom stereocenters. The maximum atomic E-state index is 11.8. The predicted octanol–water partition coefficient (Wildman–Crippen LogP) is 3.62. The van der Waals surface area contributed by atoms with Crippen LogP contribution in [-0.2, 0) is 16.1 Å². The summed E-state index contributed by atoms with van der Waals surface area (Å²) in [6.45, 7) is 2.82. The molecule has 0 aliphatic carbocycles. The van der Waals surface area contributed by atoms with Gasteiger partial charge in [0.1, 0.15) is 18.4 Å². The van der Waals surface area contributed by atoms with E-state index in [0.29, 0.717) is 13.2 Å². The Labute approximate surface area is 142 Å². The van der Waals surface area contributed by atoms with Crippen molar-refractivity contribution in [1.82, 2.24) is 5.32 Å². The summed E-state index contributed by atoms with van der Waals surface area (Å²) in [6, 6.07) is 18.2. The summed E-state index contributed by atoms with van der Waals surface area (Å²) in [5, 5.41) is 3.35. The first kappa shape index (κ1) is 16.5. The lowest BCUT2D eigenvalue weighted by atomic mass is 10.1. The highest BCUT2D eigenvalue weighted by molar-refractivity contribution is 5.76. The Kier molecular flexibility index (Phi) is 5.49. The number of esters is 1. The number of hydrogen-bond acceptors (Lipinski definition) is 4. The summed E-state index contributed by atoms with van der Waals surface area (Å²) in [4.78, 5) is 11.8. The van der Waals surface area contributed by atoms with Gasteiger partial charge < -0.3 is 9.47 Å². The molecule has 0 amide bonds. The third-order valence-corrected chi connectivity index (χ3v) is 4.25. The van der Waals surface area contributed by atoms with Gasteiger partial charge in [-0.15, -0.1) is 0 Å². The molecule has 126 valence electrons. The molecule has 1 fully saturated rings. The van der Waals surface area contributed by atoms with Gasteiger partial charge in [0.05, 0.1) is 6.61 Å². The smallest absolute Gasteiger partial charge is 0.323 e. The minimum atomic E-state index is -0.191. The van der Waals surface area contributed by atoms with Crippen molar-refractivity contribution in [2.75, 3.05) is 6.61 Å². The molecule has 1 N–H and O–H groups in total. The van der Waals surface area contributed by atoms with Gasteiger partial charge in [-0.2, -0.15) is 0 Å². The molecule has 24 heavy (non-hydrogen) atoms. The highest BCUT2D eigenvalue weighted by Crippen LogP contribution is 2.28. The number of carbonyl (C=O) groups is 1. The van der Waals surface area contributed by atoms with E-state index in [1.165, 1.54) is 5.56 Å². The highest BCUT2D eigenvalue weighted by atomic mass is 16.5. The maximum Gasteiger partial charge on any atom is 0.323 e. The molecule has 4 nitrogen and oxygen atoms in total. The SMILES string of the molecule is CCOC(=O)C1CC[C@@H](c2ccc(OCc3ccccc3)cc2)N1. The van der Waals surface area contributed by atoms with Crippen LogP contribution in [0.2, 0.25) is 0 Å². The third-order valence-electron chi connectivity index (χ3n) is 4.25. The van der Waals surface area contributed by atoms with Crippen molar-refractivity contribution in [3.8, 4) is 5.75 Å². The van der Waals surface area contributed by atoms with E-state index in [1.807, 2.05) is 49.4 Å². The summed E-state index contributed by atoms with van der Waals surface area (Å²) in [7, 11) is 0. The van der Waals surface area contributed by atoms with Gasteiger partial charge in [0.25, 0.3) is 0 Å². The molecule has 2 aromatic rings. The second-order valence-electron chi connectivity index (χ2n) is 5.94. The van der Waals surface area contributed by atoms with Crippen molar-refractivity contribution in [3.05, 3.63) is 65.7 Å². The molecule has 0 radical (unpaired) electrons. The van der Waals surface area contributed by atoms with Crippen LogP contribution in [0.1, 0.15) is 36.9 Å². The van der Waals surface area contributed by atoms with Crippen molar-refractivity contribution in [2.45, 2.75) is 38.5 Å². The number of benzene rings is 2. The van der Waals surface area contributed by atoms with Crippen LogP contribution in [0.15, 0.2) is 54.6 Å². The number of ether oxygens (including phenoxy) is 2. The van der Waals surface area contributed by atoms with E-state index in [0.717, 1.165) is 24.2 Å². The van der Waals surface area contributed by atoms with Crippen molar-refractivity contribution in [2.24, 2.45) is 0 Å². The van der Waals surface area contributed by atoms with Crippen LogP contribution in [0.3, 0.4) is 0 Å². The normalized spacial score (nSPS) is 19.9. The lowest BCUT2D eigenvalue weighted by Crippen LogP contribution is -2.33. The molecule has 0 spiro atoms. The number of carbonyl (C=O) groups excluding carboxylic acids is 1. The maximum absolute atomic E-state index is 11.8. The number of nitrogens with one attached hydrogen (secondary N) is 1. The molecule has 4 heteroatoms. The fraction of sp³-hybridized carbons (Fsp3) is 0.350. The average Bonchev–Trinajstić information content (AvgIpc) is 3.12. The quantitative estimate of drug-likeness (QED) is 0.824. The fourth-order valence-electron chi connectivity index (χ4n) is 2.97. The number of rotatable bonds is 6. The first-order chi connectivity index (χ1) is 11.8. The third kappa shape index (κ3) is 4.15. The number of hydrogen-bond donors (Lipinski definition) is 1. The molecular weight excluding hydrogens is 302 g/mol. The molecule has 0 bridgehead atoms. The van der Waals surface area contributed by atoms with Gasteiger partial charge in [0, 0.05) is 6.04 Å². The van der Waals surface area contributed by atoms with E-state index < -0.39 is 0 Å². The van der Waals surface area contributed by atoms with Gasteiger partial charge >= 0.3 is 5.97 Å². The Morgan fingerprint density at radius 3 is 2.54 bits per heavy atom. The minimum absolute atomic E-state index is 0.150.